The summed E-state index contributed by atoms with van der Waals surface area (Å²) in [4.78, 5) is 14.6. The van der Waals surface area contributed by atoms with Crippen molar-refractivity contribution in [2.75, 3.05) is 25.0 Å². The fraction of sp³-hybridized carbons (Fsp3) is 0.310. The average Bonchev–Trinajstić information content (AvgIpc) is 2.89. The van der Waals surface area contributed by atoms with E-state index in [0.29, 0.717) is 25.1 Å². The molecule has 1 saturated heterocycles. The molecule has 37 heavy (non-hydrogen) atoms. The highest BCUT2D eigenvalue weighted by molar-refractivity contribution is 5.79. The van der Waals surface area contributed by atoms with Gasteiger partial charge in [0.05, 0.1) is 12.0 Å². The number of piperidine rings is 1. The molecule has 0 spiro atoms. The Morgan fingerprint density at radius 3 is 2.81 bits per heavy atom. The van der Waals surface area contributed by atoms with Crippen LogP contribution in [-0.2, 0) is 4.79 Å². The van der Waals surface area contributed by atoms with Crippen LogP contribution in [0.1, 0.15) is 37.2 Å². The minimum atomic E-state index is -0.619. The lowest BCUT2D eigenvalue weighted by molar-refractivity contribution is -0.131. The number of benzene rings is 1. The first kappa shape index (κ1) is 26.0. The second kappa shape index (κ2) is 11.7. The highest BCUT2D eigenvalue weighted by Gasteiger charge is 2.24. The fourth-order valence-corrected chi connectivity index (χ4v) is 4.97. The molecule has 192 valence electrons. The molecule has 4 N–H and O–H groups in total. The van der Waals surface area contributed by atoms with E-state index in [2.05, 4.69) is 35.4 Å². The number of likely N-dealkylation sites (tertiary alicyclic amines) is 1. The van der Waals surface area contributed by atoms with Gasteiger partial charge in [-0.3, -0.25) is 4.79 Å². The summed E-state index contributed by atoms with van der Waals surface area (Å²) in [5.41, 5.74) is 7.98. The number of anilines is 1. The molecule has 3 aliphatic rings. The fourth-order valence-electron chi connectivity index (χ4n) is 4.97. The summed E-state index contributed by atoms with van der Waals surface area (Å²) in [6.45, 7) is 5.12. The maximum absolute atomic E-state index is 13.9. The monoisotopic (exact) mass is 503 g/mol. The SMILES string of the molecule is C=C(F)/C=C(\C=C/N)CC(=O)N1CCC(Nc2cc(C3C=C(C#N)C(F)=CC3)cc3c2=CNCC=3)CC1. The molecule has 0 aromatic heterocycles. The molecule has 0 radical (unpaired) electrons. The van der Waals surface area contributed by atoms with Gasteiger partial charge in [-0.05, 0) is 66.1 Å². The van der Waals surface area contributed by atoms with Crippen LogP contribution in [0.2, 0.25) is 0 Å². The van der Waals surface area contributed by atoms with Crippen LogP contribution in [0.25, 0.3) is 12.3 Å². The van der Waals surface area contributed by atoms with Crippen molar-refractivity contribution in [2.24, 2.45) is 5.73 Å². The van der Waals surface area contributed by atoms with Crippen molar-refractivity contribution in [1.82, 2.24) is 10.2 Å². The smallest absolute Gasteiger partial charge is 0.226 e. The molecule has 1 amide bonds. The van der Waals surface area contributed by atoms with Gasteiger partial charge in [-0.25, -0.2) is 8.78 Å². The number of carbonyl (C=O) groups is 1. The molecule has 1 aromatic rings. The van der Waals surface area contributed by atoms with E-state index >= 15 is 0 Å². The van der Waals surface area contributed by atoms with Gasteiger partial charge in [-0.15, -0.1) is 0 Å². The van der Waals surface area contributed by atoms with Crippen LogP contribution < -0.4 is 26.8 Å². The number of rotatable bonds is 7. The predicted octanol–water partition coefficient (Wildman–Crippen LogP) is 3.27. The summed E-state index contributed by atoms with van der Waals surface area (Å²) in [7, 11) is 0. The van der Waals surface area contributed by atoms with Crippen LogP contribution in [0.5, 0.6) is 0 Å². The van der Waals surface area contributed by atoms with E-state index in [1.54, 1.807) is 11.0 Å². The van der Waals surface area contributed by atoms with E-state index in [1.165, 1.54) is 24.4 Å². The van der Waals surface area contributed by atoms with E-state index in [-0.39, 0.29) is 29.9 Å². The standard InChI is InChI=1S/C29H31F2N5O/c1-19(30)12-20(4-8-32)13-29(37)36-10-6-25(7-11-36)35-28-16-23(15-22-5-9-34-18-26(22)28)21-2-3-27(31)24(14-21)17-33/h3-5,8,12,14-16,18,21,25,34-35H,1-2,6-7,9-11,13,32H2/b8-4-,20-12+. The molecule has 1 atom stereocenters. The lowest BCUT2D eigenvalue weighted by Crippen LogP contribution is -2.44. The van der Waals surface area contributed by atoms with E-state index in [0.717, 1.165) is 41.1 Å². The van der Waals surface area contributed by atoms with Gasteiger partial charge >= 0.3 is 0 Å². The van der Waals surface area contributed by atoms with E-state index < -0.39 is 11.7 Å². The Balaban J connectivity index is 1.47. The summed E-state index contributed by atoms with van der Waals surface area (Å²) < 4.78 is 27.2. The minimum Gasteiger partial charge on any atom is -0.405 e. The van der Waals surface area contributed by atoms with Crippen LogP contribution in [-0.4, -0.2) is 36.5 Å². The van der Waals surface area contributed by atoms with Crippen molar-refractivity contribution in [3.8, 4) is 6.07 Å². The molecule has 6 nitrogen and oxygen atoms in total. The lowest BCUT2D eigenvalue weighted by atomic mass is 9.88. The Morgan fingerprint density at radius 2 is 2.11 bits per heavy atom. The average molecular weight is 504 g/mol. The van der Waals surface area contributed by atoms with Crippen molar-refractivity contribution < 1.29 is 13.6 Å². The van der Waals surface area contributed by atoms with Gasteiger partial charge in [0.15, 0.2) is 0 Å². The third-order valence-electron chi connectivity index (χ3n) is 6.86. The van der Waals surface area contributed by atoms with E-state index in [4.69, 9.17) is 5.73 Å². The number of carbonyl (C=O) groups excluding carboxylic acids is 1. The number of nitrogens with one attached hydrogen (secondary N) is 2. The van der Waals surface area contributed by atoms with Crippen molar-refractivity contribution in [2.45, 2.75) is 37.6 Å². The molecule has 1 unspecified atom stereocenters. The number of hydrogen-bond acceptors (Lipinski definition) is 5. The Bertz CT molecular complexity index is 1360. The number of halogens is 2. The number of nitrogens with two attached hydrogens (primary N) is 1. The first-order chi connectivity index (χ1) is 17.9. The summed E-state index contributed by atoms with van der Waals surface area (Å²) in [5.74, 6) is -1.23. The molecule has 4 rings (SSSR count). The molecular formula is C29H31F2N5O. The molecule has 2 heterocycles. The molecule has 1 fully saturated rings. The number of hydrogen-bond donors (Lipinski definition) is 3. The van der Waals surface area contributed by atoms with E-state index in [9.17, 15) is 18.8 Å². The third-order valence-corrected chi connectivity index (χ3v) is 6.86. The molecular weight excluding hydrogens is 472 g/mol. The van der Waals surface area contributed by atoms with Crippen LogP contribution in [0.3, 0.4) is 0 Å². The first-order valence-electron chi connectivity index (χ1n) is 12.4. The minimum absolute atomic E-state index is 0.0649. The highest BCUT2D eigenvalue weighted by atomic mass is 19.1. The third kappa shape index (κ3) is 6.36. The normalized spacial score (nSPS) is 20.0. The first-order valence-corrected chi connectivity index (χ1v) is 12.4. The zero-order chi connectivity index (χ0) is 26.4. The zero-order valence-electron chi connectivity index (χ0n) is 20.6. The van der Waals surface area contributed by atoms with Gasteiger partial charge in [0, 0.05) is 48.7 Å². The summed E-state index contributed by atoms with van der Waals surface area (Å²) in [5, 5.41) is 18.4. The van der Waals surface area contributed by atoms with Gasteiger partial charge in [-0.2, -0.15) is 5.26 Å². The van der Waals surface area contributed by atoms with Gasteiger partial charge in [-0.1, -0.05) is 24.8 Å². The number of allylic oxidation sites excluding steroid dienone is 7. The van der Waals surface area contributed by atoms with Crippen molar-refractivity contribution in [1.29, 1.82) is 5.26 Å². The molecule has 8 heteroatoms. The topological polar surface area (TPSA) is 94.2 Å². The zero-order valence-corrected chi connectivity index (χ0v) is 20.6. The molecule has 1 aromatic carbocycles. The number of amides is 1. The van der Waals surface area contributed by atoms with Crippen molar-refractivity contribution in [3.63, 3.8) is 0 Å². The second-order valence-corrected chi connectivity index (χ2v) is 9.42. The highest BCUT2D eigenvalue weighted by Crippen LogP contribution is 2.31. The molecule has 0 saturated carbocycles. The maximum Gasteiger partial charge on any atom is 0.226 e. The van der Waals surface area contributed by atoms with Crippen molar-refractivity contribution >= 4 is 23.9 Å². The van der Waals surface area contributed by atoms with E-state index in [1.807, 2.05) is 12.3 Å². The summed E-state index contributed by atoms with van der Waals surface area (Å²) in [6, 6.07) is 6.31. The Hall–Kier alpha value is -4.12. The Labute approximate surface area is 215 Å². The van der Waals surface area contributed by atoms with Crippen LogP contribution in [0, 0.1) is 11.3 Å². The largest absolute Gasteiger partial charge is 0.405 e. The van der Waals surface area contributed by atoms with Gasteiger partial charge in [0.2, 0.25) is 5.91 Å². The van der Waals surface area contributed by atoms with Crippen LogP contribution >= 0.6 is 0 Å². The number of nitriles is 1. The number of fused-ring (bicyclic) bond motifs is 1. The Morgan fingerprint density at radius 1 is 1.32 bits per heavy atom. The number of nitrogens with zero attached hydrogens (tertiary/aromatic N) is 2. The summed E-state index contributed by atoms with van der Waals surface area (Å²) in [6.07, 6.45) is 13.4. The Kier molecular flexibility index (Phi) is 8.24. The van der Waals surface area contributed by atoms with Gasteiger partial charge in [0.1, 0.15) is 17.7 Å². The molecule has 1 aliphatic carbocycles. The van der Waals surface area contributed by atoms with Crippen molar-refractivity contribution in [3.05, 3.63) is 88.0 Å². The maximum atomic E-state index is 13.9. The second-order valence-electron chi connectivity index (χ2n) is 9.42. The quantitative estimate of drug-likeness (QED) is 0.497. The summed E-state index contributed by atoms with van der Waals surface area (Å²) >= 11 is 0. The molecule has 2 aliphatic heterocycles. The molecule has 0 bridgehead atoms. The lowest BCUT2D eigenvalue weighted by Gasteiger charge is -2.33. The van der Waals surface area contributed by atoms with Gasteiger partial charge < -0.3 is 21.3 Å². The van der Waals surface area contributed by atoms with Gasteiger partial charge in [0.25, 0.3) is 0 Å². The van der Waals surface area contributed by atoms with Crippen LogP contribution in [0.15, 0.2) is 72.0 Å². The van der Waals surface area contributed by atoms with Crippen LogP contribution in [0.4, 0.5) is 14.5 Å². The predicted molar refractivity (Wildman–Crippen MR) is 142 cm³/mol.